The molecule has 4 N–H and O–H groups in total. The van der Waals surface area contributed by atoms with Crippen LogP contribution in [-0.4, -0.2) is 48.8 Å². The first-order chi connectivity index (χ1) is 15.1. The van der Waals surface area contributed by atoms with Crippen LogP contribution in [0.3, 0.4) is 0 Å². The number of amides is 1. The van der Waals surface area contributed by atoms with E-state index in [-0.39, 0.29) is 18.4 Å². The van der Waals surface area contributed by atoms with Crippen molar-refractivity contribution in [3.8, 4) is 11.3 Å². The van der Waals surface area contributed by atoms with E-state index in [9.17, 15) is 9.18 Å². The van der Waals surface area contributed by atoms with Gasteiger partial charge in [0, 0.05) is 36.1 Å². The fourth-order valence-electron chi connectivity index (χ4n) is 3.34. The predicted octanol–water partition coefficient (Wildman–Crippen LogP) is 2.51. The molecule has 4 rings (SSSR count). The van der Waals surface area contributed by atoms with Crippen LogP contribution < -0.4 is 21.3 Å². The van der Waals surface area contributed by atoms with Crippen molar-refractivity contribution in [2.45, 2.75) is 0 Å². The molecular formula is C22H23FN6O2. The number of carbonyl (C=O) groups excluding carboxylic acids is 1. The fourth-order valence-corrected chi connectivity index (χ4v) is 3.34. The third-order valence-corrected chi connectivity index (χ3v) is 4.92. The Morgan fingerprint density at radius 3 is 2.61 bits per heavy atom. The third kappa shape index (κ3) is 4.96. The molecule has 1 aliphatic rings. The van der Waals surface area contributed by atoms with Gasteiger partial charge in [-0.15, -0.1) is 0 Å². The zero-order chi connectivity index (χ0) is 21.6. The number of hydrogen-bond donors (Lipinski definition) is 3. The maximum atomic E-state index is 14.6. The molecule has 1 aliphatic heterocycles. The Balaban J connectivity index is 1.48. The normalized spacial score (nSPS) is 13.7. The van der Waals surface area contributed by atoms with Crippen molar-refractivity contribution < 1.29 is 13.9 Å². The zero-order valence-electron chi connectivity index (χ0n) is 16.8. The number of nitrogens with one attached hydrogen (secondary N) is 2. The molecule has 0 radical (unpaired) electrons. The number of aromatic nitrogens is 2. The van der Waals surface area contributed by atoms with Gasteiger partial charge in [-0.2, -0.15) is 0 Å². The Labute approximate surface area is 179 Å². The van der Waals surface area contributed by atoms with E-state index in [0.717, 1.165) is 5.56 Å². The van der Waals surface area contributed by atoms with Crippen molar-refractivity contribution >= 4 is 23.2 Å². The molecule has 0 aliphatic carbocycles. The maximum Gasteiger partial charge on any atom is 0.252 e. The zero-order valence-corrected chi connectivity index (χ0v) is 16.8. The lowest BCUT2D eigenvalue weighted by Crippen LogP contribution is -2.36. The molecule has 1 amide bonds. The van der Waals surface area contributed by atoms with Gasteiger partial charge in [0.25, 0.3) is 5.91 Å². The first kappa shape index (κ1) is 20.7. The lowest BCUT2D eigenvalue weighted by molar-refractivity contribution is 0.0955. The molecule has 1 fully saturated rings. The largest absolute Gasteiger partial charge is 0.378 e. The van der Waals surface area contributed by atoms with Crippen LogP contribution in [0.2, 0.25) is 0 Å². The number of ether oxygens (including phenoxy) is 1. The van der Waals surface area contributed by atoms with Crippen LogP contribution in [-0.2, 0) is 4.74 Å². The highest BCUT2D eigenvalue weighted by Gasteiger charge is 2.15. The first-order valence-electron chi connectivity index (χ1n) is 9.95. The number of halogens is 1. The van der Waals surface area contributed by atoms with Gasteiger partial charge in [-0.05, 0) is 36.4 Å². The van der Waals surface area contributed by atoms with Crippen LogP contribution in [0.5, 0.6) is 0 Å². The van der Waals surface area contributed by atoms with E-state index in [1.807, 2.05) is 4.90 Å². The number of rotatable bonds is 6. The molecule has 9 heteroatoms. The molecule has 8 nitrogen and oxygen atoms in total. The number of benzene rings is 2. The van der Waals surface area contributed by atoms with Gasteiger partial charge in [-0.3, -0.25) is 4.79 Å². The molecular weight excluding hydrogens is 399 g/mol. The second-order valence-corrected chi connectivity index (χ2v) is 6.94. The van der Waals surface area contributed by atoms with Gasteiger partial charge in [0.05, 0.1) is 31.3 Å². The number of anilines is 3. The van der Waals surface area contributed by atoms with E-state index >= 15 is 0 Å². The molecule has 2 aromatic carbocycles. The summed E-state index contributed by atoms with van der Waals surface area (Å²) >= 11 is 0. The Bertz CT molecular complexity index is 1050. The van der Waals surface area contributed by atoms with Gasteiger partial charge < -0.3 is 26.0 Å². The molecule has 0 unspecified atom stereocenters. The van der Waals surface area contributed by atoms with Crippen LogP contribution in [0, 0.1) is 5.82 Å². The molecule has 3 aromatic rings. The Kier molecular flexibility index (Phi) is 6.34. The molecule has 0 spiro atoms. The van der Waals surface area contributed by atoms with Gasteiger partial charge >= 0.3 is 0 Å². The second kappa shape index (κ2) is 9.50. The molecule has 1 aromatic heterocycles. The smallest absolute Gasteiger partial charge is 0.252 e. The van der Waals surface area contributed by atoms with Crippen molar-refractivity contribution in [2.24, 2.45) is 5.73 Å². The first-order valence-corrected chi connectivity index (χ1v) is 9.95. The highest BCUT2D eigenvalue weighted by Crippen LogP contribution is 2.26. The lowest BCUT2D eigenvalue weighted by Gasteiger charge is -2.29. The predicted molar refractivity (Wildman–Crippen MR) is 117 cm³/mol. The standard InChI is InChI=1S/C22H23FN6O2/c23-18-13-17(5-6-20(18)29-9-11-31-12-10-29)27-22-25-8-7-19(28-22)15-1-3-16(4-2-15)21(30)26-14-24/h1-8,13H,9-12,14,24H2,(H,26,30)(H,25,27,28). The summed E-state index contributed by atoms with van der Waals surface area (Å²) in [5.41, 5.74) is 8.46. The minimum Gasteiger partial charge on any atom is -0.378 e. The summed E-state index contributed by atoms with van der Waals surface area (Å²) in [5.74, 6) is -0.197. The average Bonchev–Trinajstić information content (AvgIpc) is 2.80. The van der Waals surface area contributed by atoms with Crippen LogP contribution in [0.25, 0.3) is 11.3 Å². The summed E-state index contributed by atoms with van der Waals surface area (Å²) in [6.45, 7) is 2.61. The van der Waals surface area contributed by atoms with E-state index in [1.165, 1.54) is 6.07 Å². The SMILES string of the molecule is NCNC(=O)c1ccc(-c2ccnc(Nc3ccc(N4CCOCC4)c(F)c3)n2)cc1. The molecule has 0 saturated carbocycles. The lowest BCUT2D eigenvalue weighted by atomic mass is 10.1. The van der Waals surface area contributed by atoms with E-state index < -0.39 is 0 Å². The van der Waals surface area contributed by atoms with Crippen LogP contribution in [0.4, 0.5) is 21.7 Å². The fraction of sp³-hybridized carbons (Fsp3) is 0.227. The highest BCUT2D eigenvalue weighted by molar-refractivity contribution is 5.94. The Morgan fingerprint density at radius 1 is 1.13 bits per heavy atom. The average molecular weight is 422 g/mol. The van der Waals surface area contributed by atoms with Gasteiger partial charge in [0.15, 0.2) is 0 Å². The molecule has 0 atom stereocenters. The number of carbonyl (C=O) groups is 1. The molecule has 31 heavy (non-hydrogen) atoms. The Morgan fingerprint density at radius 2 is 1.90 bits per heavy atom. The summed E-state index contributed by atoms with van der Waals surface area (Å²) in [6.07, 6.45) is 1.62. The summed E-state index contributed by atoms with van der Waals surface area (Å²) in [6, 6.07) is 13.8. The number of morpholine rings is 1. The minimum absolute atomic E-state index is 0.0789. The Hall–Kier alpha value is -3.56. The summed E-state index contributed by atoms with van der Waals surface area (Å²) in [4.78, 5) is 22.5. The molecule has 1 saturated heterocycles. The van der Waals surface area contributed by atoms with Crippen molar-refractivity contribution in [1.82, 2.24) is 15.3 Å². The monoisotopic (exact) mass is 422 g/mol. The van der Waals surface area contributed by atoms with E-state index in [0.29, 0.717) is 54.9 Å². The number of nitrogens with two attached hydrogens (primary N) is 1. The van der Waals surface area contributed by atoms with Crippen molar-refractivity contribution in [3.63, 3.8) is 0 Å². The number of hydrogen-bond acceptors (Lipinski definition) is 7. The second-order valence-electron chi connectivity index (χ2n) is 6.94. The van der Waals surface area contributed by atoms with E-state index in [2.05, 4.69) is 20.6 Å². The summed E-state index contributed by atoms with van der Waals surface area (Å²) in [7, 11) is 0. The molecule has 160 valence electrons. The van der Waals surface area contributed by atoms with E-state index in [4.69, 9.17) is 10.5 Å². The molecule has 2 heterocycles. The molecule has 0 bridgehead atoms. The number of nitrogens with zero attached hydrogens (tertiary/aromatic N) is 3. The van der Waals surface area contributed by atoms with Gasteiger partial charge in [0.1, 0.15) is 5.82 Å². The van der Waals surface area contributed by atoms with Gasteiger partial charge in [0.2, 0.25) is 5.95 Å². The van der Waals surface area contributed by atoms with Crippen LogP contribution in [0.15, 0.2) is 54.7 Å². The summed E-state index contributed by atoms with van der Waals surface area (Å²) in [5, 5.41) is 5.60. The van der Waals surface area contributed by atoms with Crippen LogP contribution >= 0.6 is 0 Å². The van der Waals surface area contributed by atoms with Gasteiger partial charge in [-0.25, -0.2) is 14.4 Å². The van der Waals surface area contributed by atoms with Crippen LogP contribution in [0.1, 0.15) is 10.4 Å². The highest BCUT2D eigenvalue weighted by atomic mass is 19.1. The van der Waals surface area contributed by atoms with Crippen molar-refractivity contribution in [2.75, 3.05) is 43.2 Å². The van der Waals surface area contributed by atoms with Crippen molar-refractivity contribution in [3.05, 3.63) is 66.1 Å². The maximum absolute atomic E-state index is 14.6. The third-order valence-electron chi connectivity index (χ3n) is 4.92. The summed E-state index contributed by atoms with van der Waals surface area (Å²) < 4.78 is 20.0. The quantitative estimate of drug-likeness (QED) is 0.524. The topological polar surface area (TPSA) is 105 Å². The van der Waals surface area contributed by atoms with Crippen molar-refractivity contribution in [1.29, 1.82) is 0 Å². The minimum atomic E-state index is -0.311. The van der Waals surface area contributed by atoms with E-state index in [1.54, 1.807) is 48.7 Å². The van der Waals surface area contributed by atoms with Gasteiger partial charge in [-0.1, -0.05) is 12.1 Å².